The largest absolute Gasteiger partial charge is 0.454 e. The van der Waals surface area contributed by atoms with Crippen molar-refractivity contribution < 1.29 is 23.9 Å². The molecule has 8 heteroatoms. The number of ether oxygens (including phenoxy) is 2. The van der Waals surface area contributed by atoms with Crippen molar-refractivity contribution in [2.75, 3.05) is 6.79 Å². The quantitative estimate of drug-likeness (QED) is 0.693. The maximum absolute atomic E-state index is 12.1. The molecule has 0 bridgehead atoms. The second-order valence-electron chi connectivity index (χ2n) is 5.43. The van der Waals surface area contributed by atoms with Crippen LogP contribution in [0, 0.1) is 5.92 Å². The van der Waals surface area contributed by atoms with Crippen LogP contribution in [0.4, 0.5) is 0 Å². The monoisotopic (exact) mass is 321 g/mol. The van der Waals surface area contributed by atoms with E-state index in [0.717, 1.165) is 0 Å². The molecule has 8 nitrogen and oxygen atoms in total. The molecule has 0 aliphatic carbocycles. The van der Waals surface area contributed by atoms with Gasteiger partial charge in [0.25, 0.3) is 11.8 Å². The first-order valence-electron chi connectivity index (χ1n) is 7.15. The Hall–Kier alpha value is -2.77. The van der Waals surface area contributed by atoms with Gasteiger partial charge in [-0.25, -0.2) is 0 Å². The molecule has 0 spiro atoms. The van der Waals surface area contributed by atoms with Crippen LogP contribution in [0.25, 0.3) is 0 Å². The van der Waals surface area contributed by atoms with Gasteiger partial charge in [0.15, 0.2) is 11.5 Å². The first kappa shape index (κ1) is 16.6. The summed E-state index contributed by atoms with van der Waals surface area (Å²) >= 11 is 0. The molecule has 0 radical (unpaired) electrons. The van der Waals surface area contributed by atoms with Crippen LogP contribution >= 0.6 is 0 Å². The van der Waals surface area contributed by atoms with Gasteiger partial charge < -0.3 is 14.8 Å². The predicted octanol–water partition coefficient (Wildman–Crippen LogP) is 0.337. The highest BCUT2D eigenvalue weighted by Gasteiger charge is 2.23. The van der Waals surface area contributed by atoms with E-state index in [4.69, 9.17) is 9.47 Å². The average molecular weight is 321 g/mol. The number of hydrazine groups is 1. The molecule has 23 heavy (non-hydrogen) atoms. The minimum Gasteiger partial charge on any atom is -0.454 e. The summed E-state index contributed by atoms with van der Waals surface area (Å²) in [5, 5.41) is 2.54. The van der Waals surface area contributed by atoms with Crippen LogP contribution in [0.2, 0.25) is 0 Å². The number of carbonyl (C=O) groups excluding carboxylic acids is 3. The average Bonchev–Trinajstić information content (AvgIpc) is 2.96. The van der Waals surface area contributed by atoms with Gasteiger partial charge in [-0.3, -0.25) is 25.2 Å². The van der Waals surface area contributed by atoms with E-state index in [1.807, 2.05) is 0 Å². The van der Waals surface area contributed by atoms with Crippen molar-refractivity contribution in [2.45, 2.75) is 26.8 Å². The highest BCUT2D eigenvalue weighted by atomic mass is 16.7. The Morgan fingerprint density at radius 2 is 1.78 bits per heavy atom. The molecule has 1 aromatic rings. The fraction of sp³-hybridized carbons (Fsp3) is 0.400. The van der Waals surface area contributed by atoms with Gasteiger partial charge in [-0.1, -0.05) is 13.8 Å². The number of hydrogen-bond donors (Lipinski definition) is 3. The number of rotatable bonds is 4. The predicted molar refractivity (Wildman–Crippen MR) is 80.6 cm³/mol. The summed E-state index contributed by atoms with van der Waals surface area (Å²) in [6.45, 7) is 5.03. The van der Waals surface area contributed by atoms with E-state index in [1.54, 1.807) is 26.0 Å². The Morgan fingerprint density at radius 3 is 2.43 bits per heavy atom. The second-order valence-corrected chi connectivity index (χ2v) is 5.43. The lowest BCUT2D eigenvalue weighted by Gasteiger charge is -2.21. The van der Waals surface area contributed by atoms with Gasteiger partial charge in [-0.2, -0.15) is 0 Å². The third kappa shape index (κ3) is 4.12. The molecule has 0 fully saturated rings. The van der Waals surface area contributed by atoms with Crippen molar-refractivity contribution in [2.24, 2.45) is 5.92 Å². The van der Waals surface area contributed by atoms with E-state index in [0.29, 0.717) is 17.1 Å². The molecular formula is C15H19N3O5. The van der Waals surface area contributed by atoms with Crippen molar-refractivity contribution in [3.8, 4) is 11.5 Å². The van der Waals surface area contributed by atoms with Gasteiger partial charge in [-0.15, -0.1) is 0 Å². The van der Waals surface area contributed by atoms with E-state index in [-0.39, 0.29) is 18.6 Å². The molecule has 1 aromatic carbocycles. The smallest absolute Gasteiger partial charge is 0.269 e. The first-order valence-corrected chi connectivity index (χ1v) is 7.15. The minimum absolute atomic E-state index is 0.115. The number of amides is 3. The van der Waals surface area contributed by atoms with E-state index in [2.05, 4.69) is 16.2 Å². The number of carbonyl (C=O) groups is 3. The van der Waals surface area contributed by atoms with Crippen LogP contribution < -0.4 is 25.6 Å². The summed E-state index contributed by atoms with van der Waals surface area (Å²) < 4.78 is 10.4. The summed E-state index contributed by atoms with van der Waals surface area (Å²) in [7, 11) is 0. The second kappa shape index (κ2) is 6.99. The summed E-state index contributed by atoms with van der Waals surface area (Å²) in [5.74, 6) is -0.396. The molecular weight excluding hydrogens is 302 g/mol. The molecule has 0 saturated heterocycles. The molecule has 1 atom stereocenters. The van der Waals surface area contributed by atoms with Crippen molar-refractivity contribution >= 4 is 17.7 Å². The summed E-state index contributed by atoms with van der Waals surface area (Å²) in [6, 6.07) is 3.97. The Balaban J connectivity index is 1.95. The summed E-state index contributed by atoms with van der Waals surface area (Å²) in [5.41, 5.74) is 4.94. The molecule has 1 unspecified atom stereocenters. The highest BCUT2D eigenvalue weighted by molar-refractivity contribution is 5.97. The molecule has 1 heterocycles. The number of benzene rings is 1. The third-order valence-electron chi connectivity index (χ3n) is 3.24. The topological polar surface area (TPSA) is 106 Å². The lowest BCUT2D eigenvalue weighted by Crippen LogP contribution is -2.54. The molecule has 0 saturated carbocycles. The Labute approximate surface area is 133 Å². The lowest BCUT2D eigenvalue weighted by atomic mass is 10.0. The van der Waals surface area contributed by atoms with E-state index in [9.17, 15) is 14.4 Å². The Bertz CT molecular complexity index is 630. The van der Waals surface area contributed by atoms with Gasteiger partial charge >= 0.3 is 0 Å². The molecule has 124 valence electrons. The van der Waals surface area contributed by atoms with Gasteiger partial charge in [0.2, 0.25) is 12.7 Å². The Kier molecular flexibility index (Phi) is 5.05. The van der Waals surface area contributed by atoms with Crippen LogP contribution in [-0.2, 0) is 9.59 Å². The first-order chi connectivity index (χ1) is 10.9. The molecule has 1 aliphatic heterocycles. The van der Waals surface area contributed by atoms with Crippen molar-refractivity contribution in [1.82, 2.24) is 16.2 Å². The molecule has 3 amide bonds. The number of hydrogen-bond acceptors (Lipinski definition) is 5. The zero-order chi connectivity index (χ0) is 17.0. The summed E-state index contributed by atoms with van der Waals surface area (Å²) in [6.07, 6.45) is 0. The maximum Gasteiger partial charge on any atom is 0.269 e. The maximum atomic E-state index is 12.1. The summed E-state index contributed by atoms with van der Waals surface area (Å²) in [4.78, 5) is 35.2. The van der Waals surface area contributed by atoms with Gasteiger partial charge in [-0.05, 0) is 24.1 Å². The van der Waals surface area contributed by atoms with Gasteiger partial charge in [0.1, 0.15) is 6.04 Å². The zero-order valence-electron chi connectivity index (χ0n) is 13.1. The molecule has 2 rings (SSSR count). The van der Waals surface area contributed by atoms with Crippen molar-refractivity contribution in [3.63, 3.8) is 0 Å². The van der Waals surface area contributed by atoms with E-state index < -0.39 is 17.9 Å². The SMILES string of the molecule is CC(=O)NC(C(=O)NNC(=O)c1ccc2c(c1)OCO2)C(C)C. The van der Waals surface area contributed by atoms with Crippen LogP contribution in [0.1, 0.15) is 31.1 Å². The van der Waals surface area contributed by atoms with Crippen LogP contribution in [-0.4, -0.2) is 30.6 Å². The van der Waals surface area contributed by atoms with Gasteiger partial charge in [0.05, 0.1) is 0 Å². The third-order valence-corrected chi connectivity index (χ3v) is 3.24. The standard InChI is InChI=1S/C15H19N3O5/c1-8(2)13(16-9(3)19)15(21)18-17-14(20)10-4-5-11-12(6-10)23-7-22-11/h4-6,8,13H,7H2,1-3H3,(H,16,19)(H,17,20)(H,18,21). The van der Waals surface area contributed by atoms with Crippen LogP contribution in [0.5, 0.6) is 11.5 Å². The fourth-order valence-electron chi connectivity index (χ4n) is 2.06. The number of nitrogens with one attached hydrogen (secondary N) is 3. The fourth-order valence-corrected chi connectivity index (χ4v) is 2.06. The lowest BCUT2D eigenvalue weighted by molar-refractivity contribution is -0.129. The van der Waals surface area contributed by atoms with Crippen LogP contribution in [0.15, 0.2) is 18.2 Å². The molecule has 3 N–H and O–H groups in total. The molecule has 1 aliphatic rings. The number of fused-ring (bicyclic) bond motifs is 1. The minimum atomic E-state index is -0.732. The normalized spacial score (nSPS) is 13.4. The molecule has 0 aromatic heterocycles. The Morgan fingerprint density at radius 1 is 1.09 bits per heavy atom. The van der Waals surface area contributed by atoms with Crippen LogP contribution in [0.3, 0.4) is 0 Å². The van der Waals surface area contributed by atoms with Crippen molar-refractivity contribution in [1.29, 1.82) is 0 Å². The van der Waals surface area contributed by atoms with E-state index >= 15 is 0 Å². The van der Waals surface area contributed by atoms with Crippen molar-refractivity contribution in [3.05, 3.63) is 23.8 Å². The zero-order valence-corrected chi connectivity index (χ0v) is 13.1. The van der Waals surface area contributed by atoms with E-state index in [1.165, 1.54) is 13.0 Å². The van der Waals surface area contributed by atoms with Gasteiger partial charge in [0, 0.05) is 12.5 Å². The highest BCUT2D eigenvalue weighted by Crippen LogP contribution is 2.32.